The molecular formula is C17H14ClN5O3S. The molecular weight excluding hydrogens is 390 g/mol. The minimum absolute atomic E-state index is 0.0283. The molecule has 0 saturated heterocycles. The first-order valence-corrected chi connectivity index (χ1v) is 9.13. The fourth-order valence-electron chi connectivity index (χ4n) is 2.36. The second-order valence-corrected chi connectivity index (χ2v) is 6.87. The van der Waals surface area contributed by atoms with Gasteiger partial charge in [-0.05, 0) is 12.1 Å². The molecule has 0 unspecified atom stereocenters. The highest BCUT2D eigenvalue weighted by molar-refractivity contribution is 7.99. The summed E-state index contributed by atoms with van der Waals surface area (Å²) in [6.45, 7) is 0. The van der Waals surface area contributed by atoms with Crippen molar-refractivity contribution < 1.29 is 9.72 Å². The van der Waals surface area contributed by atoms with Crippen LogP contribution in [0.25, 0.3) is 11.4 Å². The van der Waals surface area contributed by atoms with Crippen molar-refractivity contribution in [3.63, 3.8) is 0 Å². The van der Waals surface area contributed by atoms with E-state index in [-0.39, 0.29) is 22.2 Å². The minimum Gasteiger partial charge on any atom is -0.320 e. The largest absolute Gasteiger partial charge is 0.320 e. The van der Waals surface area contributed by atoms with E-state index in [0.29, 0.717) is 11.0 Å². The van der Waals surface area contributed by atoms with Crippen LogP contribution >= 0.6 is 23.4 Å². The van der Waals surface area contributed by atoms with E-state index >= 15 is 0 Å². The van der Waals surface area contributed by atoms with Crippen LogP contribution in [0.3, 0.4) is 0 Å². The Hall–Kier alpha value is -2.91. The van der Waals surface area contributed by atoms with Gasteiger partial charge in [-0.2, -0.15) is 0 Å². The van der Waals surface area contributed by atoms with E-state index in [1.165, 1.54) is 30.0 Å². The highest BCUT2D eigenvalue weighted by Gasteiger charge is 2.18. The summed E-state index contributed by atoms with van der Waals surface area (Å²) in [6.07, 6.45) is 0. The number of hydrogen-bond donors (Lipinski definition) is 1. The molecule has 0 fully saturated rings. The number of nitro groups is 1. The zero-order chi connectivity index (χ0) is 19.4. The number of thioether (sulfide) groups is 1. The monoisotopic (exact) mass is 403 g/mol. The molecule has 0 atom stereocenters. The summed E-state index contributed by atoms with van der Waals surface area (Å²) in [5, 5.41) is 22.7. The highest BCUT2D eigenvalue weighted by Crippen LogP contribution is 2.28. The first-order valence-electron chi connectivity index (χ1n) is 7.77. The first kappa shape index (κ1) is 18.9. The number of carbonyl (C=O) groups excluding carboxylic acids is 1. The van der Waals surface area contributed by atoms with Crippen LogP contribution in [0.1, 0.15) is 0 Å². The van der Waals surface area contributed by atoms with Gasteiger partial charge in [0.1, 0.15) is 5.69 Å². The number of nitrogens with one attached hydrogen (secondary N) is 1. The van der Waals surface area contributed by atoms with Gasteiger partial charge < -0.3 is 9.88 Å². The lowest BCUT2D eigenvalue weighted by Gasteiger charge is -2.06. The van der Waals surface area contributed by atoms with Gasteiger partial charge in [0.2, 0.25) is 5.91 Å². The molecule has 1 aromatic heterocycles. The molecule has 27 heavy (non-hydrogen) atoms. The first-order chi connectivity index (χ1) is 13.0. The van der Waals surface area contributed by atoms with Crippen LogP contribution in [-0.4, -0.2) is 31.3 Å². The van der Waals surface area contributed by atoms with E-state index < -0.39 is 10.8 Å². The quantitative estimate of drug-likeness (QED) is 0.381. The zero-order valence-electron chi connectivity index (χ0n) is 14.1. The summed E-state index contributed by atoms with van der Waals surface area (Å²) in [7, 11) is 1.81. The van der Waals surface area contributed by atoms with Gasteiger partial charge in [0.05, 0.1) is 10.7 Å². The summed E-state index contributed by atoms with van der Waals surface area (Å²) in [5.74, 6) is 0.321. The molecule has 1 N–H and O–H groups in total. The predicted molar refractivity (Wildman–Crippen MR) is 104 cm³/mol. The van der Waals surface area contributed by atoms with Gasteiger partial charge in [-0.3, -0.25) is 14.9 Å². The Kier molecular flexibility index (Phi) is 5.72. The van der Waals surface area contributed by atoms with Gasteiger partial charge >= 0.3 is 0 Å². The third-order valence-corrected chi connectivity index (χ3v) is 4.89. The Labute approximate surface area is 163 Å². The van der Waals surface area contributed by atoms with Crippen LogP contribution in [-0.2, 0) is 11.8 Å². The van der Waals surface area contributed by atoms with Gasteiger partial charge in [0, 0.05) is 23.7 Å². The molecule has 138 valence electrons. The third kappa shape index (κ3) is 4.44. The summed E-state index contributed by atoms with van der Waals surface area (Å²) in [6, 6.07) is 13.6. The molecule has 3 rings (SSSR count). The molecule has 10 heteroatoms. The summed E-state index contributed by atoms with van der Waals surface area (Å²) < 4.78 is 1.79. The van der Waals surface area contributed by atoms with Crippen molar-refractivity contribution in [2.45, 2.75) is 5.16 Å². The SMILES string of the molecule is Cn1c(SCC(=O)Nc2ccc(Cl)cc2[N+](=O)[O-])nnc1-c1ccccc1. The number of hydrogen-bond acceptors (Lipinski definition) is 6. The second-order valence-electron chi connectivity index (χ2n) is 5.49. The van der Waals surface area contributed by atoms with E-state index in [9.17, 15) is 14.9 Å². The second kappa shape index (κ2) is 8.19. The lowest BCUT2D eigenvalue weighted by Crippen LogP contribution is -2.15. The summed E-state index contributed by atoms with van der Waals surface area (Å²) in [4.78, 5) is 22.7. The number of nitrogens with zero attached hydrogens (tertiary/aromatic N) is 4. The average Bonchev–Trinajstić information content (AvgIpc) is 3.02. The fourth-order valence-corrected chi connectivity index (χ4v) is 3.23. The minimum atomic E-state index is -0.594. The topological polar surface area (TPSA) is 103 Å². The highest BCUT2D eigenvalue weighted by atomic mass is 35.5. The molecule has 0 saturated carbocycles. The molecule has 0 aliphatic heterocycles. The number of amides is 1. The Morgan fingerprint density at radius 1 is 1.26 bits per heavy atom. The molecule has 8 nitrogen and oxygen atoms in total. The molecule has 0 radical (unpaired) electrons. The van der Waals surface area contributed by atoms with Crippen molar-refractivity contribution in [1.82, 2.24) is 14.8 Å². The van der Waals surface area contributed by atoms with E-state index in [1.807, 2.05) is 37.4 Å². The van der Waals surface area contributed by atoms with E-state index in [0.717, 1.165) is 5.56 Å². The Morgan fingerprint density at radius 3 is 2.70 bits per heavy atom. The Morgan fingerprint density at radius 2 is 2.00 bits per heavy atom. The number of nitro benzene ring substituents is 1. The van der Waals surface area contributed by atoms with Gasteiger partial charge in [-0.15, -0.1) is 10.2 Å². The molecule has 1 heterocycles. The van der Waals surface area contributed by atoms with Crippen molar-refractivity contribution in [1.29, 1.82) is 0 Å². The van der Waals surface area contributed by atoms with Crippen LogP contribution < -0.4 is 5.32 Å². The Balaban J connectivity index is 1.67. The van der Waals surface area contributed by atoms with Gasteiger partial charge in [-0.25, -0.2) is 0 Å². The molecule has 0 aliphatic rings. The molecule has 2 aromatic carbocycles. The number of halogens is 1. The van der Waals surface area contributed by atoms with Crippen LogP contribution in [0.4, 0.5) is 11.4 Å². The molecule has 3 aromatic rings. The van der Waals surface area contributed by atoms with E-state index in [4.69, 9.17) is 11.6 Å². The lowest BCUT2D eigenvalue weighted by atomic mass is 10.2. The maximum atomic E-state index is 12.2. The van der Waals surface area contributed by atoms with Crippen LogP contribution in [0.15, 0.2) is 53.7 Å². The molecule has 0 bridgehead atoms. The summed E-state index contributed by atoms with van der Waals surface area (Å²) in [5.41, 5.74) is 0.754. The maximum Gasteiger partial charge on any atom is 0.294 e. The number of carbonyl (C=O) groups is 1. The van der Waals surface area contributed by atoms with Crippen LogP contribution in [0.2, 0.25) is 5.02 Å². The Bertz CT molecular complexity index is 993. The number of benzene rings is 2. The van der Waals surface area contributed by atoms with Crippen molar-refractivity contribution in [3.8, 4) is 11.4 Å². The van der Waals surface area contributed by atoms with Crippen LogP contribution in [0, 0.1) is 10.1 Å². The molecule has 0 aliphatic carbocycles. The summed E-state index contributed by atoms with van der Waals surface area (Å²) >= 11 is 6.96. The number of rotatable bonds is 6. The molecule has 1 amide bonds. The number of aromatic nitrogens is 3. The zero-order valence-corrected chi connectivity index (χ0v) is 15.7. The predicted octanol–water partition coefficient (Wildman–Crippen LogP) is 3.77. The van der Waals surface area contributed by atoms with Crippen molar-refractivity contribution in [3.05, 3.63) is 63.7 Å². The normalized spacial score (nSPS) is 10.6. The van der Waals surface area contributed by atoms with Crippen LogP contribution in [0.5, 0.6) is 0 Å². The van der Waals surface area contributed by atoms with Gasteiger partial charge in [0.15, 0.2) is 11.0 Å². The van der Waals surface area contributed by atoms with Crippen molar-refractivity contribution >= 4 is 40.6 Å². The fraction of sp³-hybridized carbons (Fsp3) is 0.118. The maximum absolute atomic E-state index is 12.2. The third-order valence-electron chi connectivity index (χ3n) is 3.63. The lowest BCUT2D eigenvalue weighted by molar-refractivity contribution is -0.383. The van der Waals surface area contributed by atoms with Crippen molar-refractivity contribution in [2.75, 3.05) is 11.1 Å². The van der Waals surface area contributed by atoms with Gasteiger partial charge in [0.25, 0.3) is 5.69 Å². The average molecular weight is 404 g/mol. The molecule has 0 spiro atoms. The smallest absolute Gasteiger partial charge is 0.294 e. The number of anilines is 1. The van der Waals surface area contributed by atoms with Gasteiger partial charge in [-0.1, -0.05) is 53.7 Å². The standard InChI is InChI=1S/C17H14ClN5O3S/c1-22-16(11-5-3-2-4-6-11)20-21-17(22)27-10-15(24)19-13-8-7-12(18)9-14(13)23(25)26/h2-9H,10H2,1H3,(H,19,24). The van der Waals surface area contributed by atoms with E-state index in [2.05, 4.69) is 15.5 Å². The van der Waals surface area contributed by atoms with E-state index in [1.54, 1.807) is 4.57 Å². The van der Waals surface area contributed by atoms with Crippen molar-refractivity contribution in [2.24, 2.45) is 7.05 Å².